The summed E-state index contributed by atoms with van der Waals surface area (Å²) >= 11 is 0. The number of hydrogen-bond donors (Lipinski definition) is 0. The van der Waals surface area contributed by atoms with Crippen LogP contribution in [0.4, 0.5) is 0 Å². The van der Waals surface area contributed by atoms with Gasteiger partial charge in [-0.3, -0.25) is 4.57 Å². The first-order valence-corrected chi connectivity index (χ1v) is 21.2. The number of benzene rings is 6. The molecule has 0 N–H and O–H groups in total. The van der Waals surface area contributed by atoms with Crippen LogP contribution in [0.5, 0.6) is 11.5 Å². The third-order valence-electron chi connectivity index (χ3n) is 12.3. The molecule has 314 valence electrons. The fraction of sp³-hybridized carbons (Fsp3) is 0.214. The van der Waals surface area contributed by atoms with Crippen molar-refractivity contribution in [2.24, 2.45) is 0 Å². The summed E-state index contributed by atoms with van der Waals surface area (Å²) in [4.78, 5) is 4.96. The van der Waals surface area contributed by atoms with E-state index in [1.165, 1.54) is 22.3 Å². The average molecular weight is 992 g/mol. The molecule has 62 heavy (non-hydrogen) atoms. The van der Waals surface area contributed by atoms with Crippen LogP contribution in [0, 0.1) is 32.3 Å². The minimum absolute atomic E-state index is 0. The van der Waals surface area contributed by atoms with Crippen molar-refractivity contribution >= 4 is 21.8 Å². The summed E-state index contributed by atoms with van der Waals surface area (Å²) in [6.45, 7) is 20.0. The number of nitrogens with zero attached hydrogens (tertiary/aromatic N) is 4. The zero-order valence-electron chi connectivity index (χ0n) is 36.9. The Hall–Kier alpha value is -6.03. The normalized spacial score (nSPS) is 12.0. The molecule has 0 aliphatic carbocycles. The van der Waals surface area contributed by atoms with Gasteiger partial charge in [0.2, 0.25) is 0 Å². The fourth-order valence-electron chi connectivity index (χ4n) is 8.53. The van der Waals surface area contributed by atoms with E-state index in [1.807, 2.05) is 12.3 Å². The van der Waals surface area contributed by atoms with Gasteiger partial charge in [0.25, 0.3) is 6.33 Å². The van der Waals surface area contributed by atoms with Crippen molar-refractivity contribution in [3.05, 3.63) is 198 Å². The van der Waals surface area contributed by atoms with Gasteiger partial charge in [0.15, 0.2) is 0 Å². The molecule has 0 fully saturated rings. The summed E-state index contributed by atoms with van der Waals surface area (Å²) in [5.41, 5.74) is 13.1. The Morgan fingerprint density at radius 1 is 0.661 bits per heavy atom. The van der Waals surface area contributed by atoms with Gasteiger partial charge in [-0.25, -0.2) is 4.98 Å². The van der Waals surface area contributed by atoms with Crippen LogP contribution in [0.15, 0.2) is 146 Å². The second kappa shape index (κ2) is 16.7. The van der Waals surface area contributed by atoms with Crippen LogP contribution in [0.3, 0.4) is 0 Å². The number of imidazole rings is 1. The number of pyridine rings is 1. The topological polar surface area (TPSA) is 35.9 Å². The second-order valence-corrected chi connectivity index (χ2v) is 18.0. The summed E-state index contributed by atoms with van der Waals surface area (Å²) in [6.07, 6.45) is 5.58. The molecule has 0 atom stereocenters. The number of fused-ring (bicyclic) bond motifs is 3. The van der Waals surface area contributed by atoms with Crippen LogP contribution in [-0.4, -0.2) is 14.1 Å². The van der Waals surface area contributed by atoms with Crippen molar-refractivity contribution in [2.45, 2.75) is 79.1 Å². The van der Waals surface area contributed by atoms with E-state index in [0.29, 0.717) is 17.4 Å². The van der Waals surface area contributed by atoms with Crippen LogP contribution in [0.2, 0.25) is 0 Å². The van der Waals surface area contributed by atoms with E-state index in [-0.39, 0.29) is 31.9 Å². The fourth-order valence-corrected chi connectivity index (χ4v) is 8.53. The van der Waals surface area contributed by atoms with Crippen LogP contribution in [0.25, 0.3) is 50.1 Å². The van der Waals surface area contributed by atoms with Gasteiger partial charge in [0.1, 0.15) is 5.82 Å². The van der Waals surface area contributed by atoms with Crippen LogP contribution < -0.4 is 9.30 Å². The molecule has 9 rings (SSSR count). The molecule has 5 nitrogen and oxygen atoms in total. The summed E-state index contributed by atoms with van der Waals surface area (Å²) in [7, 11) is 0. The third-order valence-corrected chi connectivity index (χ3v) is 12.3. The molecule has 3 aromatic heterocycles. The van der Waals surface area contributed by atoms with Gasteiger partial charge in [-0.2, -0.15) is 12.1 Å². The Morgan fingerprint density at radius 3 is 2.11 bits per heavy atom. The number of hydrogen-bond acceptors (Lipinski definition) is 2. The SMILES string of the molecule is Cc1c(C)[n+](-c2ccc(C(C)(C)C)cc2)[c-]n1-c1[c-]c(Oc2[c-]c3c(cc2)c2ccccc2n3-c2cc(C(C)(C)c3ccccc3)ccn2)cc(-c2ccccc2C(C)C)c1.[Pt]. The quantitative estimate of drug-likeness (QED) is 0.107. The number of ether oxygens (including phenoxy) is 1. The molecular formula is C56H52N4OPt-2. The minimum atomic E-state index is -0.230. The molecule has 0 aliphatic heterocycles. The van der Waals surface area contributed by atoms with Gasteiger partial charge in [-0.05, 0) is 94.4 Å². The van der Waals surface area contributed by atoms with Crippen molar-refractivity contribution in [2.75, 3.05) is 0 Å². The molecule has 9 aromatic rings. The predicted octanol–water partition coefficient (Wildman–Crippen LogP) is 13.5. The van der Waals surface area contributed by atoms with Gasteiger partial charge in [-0.15, -0.1) is 35.2 Å². The molecule has 0 unspecified atom stereocenters. The molecule has 6 heteroatoms. The molecule has 3 heterocycles. The Labute approximate surface area is 381 Å². The Balaban J connectivity index is 0.00000529. The van der Waals surface area contributed by atoms with Crippen LogP contribution in [-0.2, 0) is 31.9 Å². The molecule has 0 saturated heterocycles. The van der Waals surface area contributed by atoms with Crippen molar-refractivity contribution in [1.82, 2.24) is 14.1 Å². The molecule has 6 aromatic carbocycles. The van der Waals surface area contributed by atoms with E-state index >= 15 is 0 Å². The summed E-state index contributed by atoms with van der Waals surface area (Å²) in [5, 5.41) is 2.21. The van der Waals surface area contributed by atoms with E-state index in [4.69, 9.17) is 9.72 Å². The molecular weight excluding hydrogens is 940 g/mol. The molecule has 0 aliphatic rings. The van der Waals surface area contributed by atoms with E-state index in [2.05, 4.69) is 228 Å². The molecule has 0 amide bonds. The standard InChI is InChI=1S/C56H52N4O.Pt/c1-37(2)48-19-13-14-20-49(48)40-31-45(59-36-58(38(3)39(59)4)44-25-23-41(24-26-44)55(5,6)7)34-47(32-40)61-46-27-28-51-50-21-15-16-22-52(50)60(53(51)35-46)54-33-43(29-30-57-54)56(8,9)42-17-11-10-12-18-42;/h10-33,37H,1-9H3;/q-2;. The maximum atomic E-state index is 6.86. The smallest absolute Gasteiger partial charge is 0.267 e. The Bertz CT molecular complexity index is 3060. The van der Waals surface area contributed by atoms with Gasteiger partial charge >= 0.3 is 0 Å². The molecule has 0 bridgehead atoms. The Morgan fingerprint density at radius 2 is 1.37 bits per heavy atom. The molecule has 0 saturated carbocycles. The zero-order chi connectivity index (χ0) is 42.6. The first kappa shape index (κ1) is 42.7. The average Bonchev–Trinajstić information content (AvgIpc) is 3.76. The molecule has 0 spiro atoms. The second-order valence-electron chi connectivity index (χ2n) is 18.0. The van der Waals surface area contributed by atoms with Crippen molar-refractivity contribution in [3.8, 4) is 39.8 Å². The number of rotatable bonds is 9. The zero-order valence-corrected chi connectivity index (χ0v) is 39.2. The van der Waals surface area contributed by atoms with E-state index in [9.17, 15) is 0 Å². The summed E-state index contributed by atoms with van der Waals surface area (Å²) in [5.74, 6) is 2.34. The van der Waals surface area contributed by atoms with Crippen LogP contribution in [0.1, 0.15) is 88.0 Å². The third kappa shape index (κ3) is 7.84. The predicted molar refractivity (Wildman–Crippen MR) is 249 cm³/mol. The number of aromatic nitrogens is 4. The molecule has 0 radical (unpaired) electrons. The first-order valence-electron chi connectivity index (χ1n) is 21.2. The summed E-state index contributed by atoms with van der Waals surface area (Å²) < 4.78 is 13.3. The van der Waals surface area contributed by atoms with Gasteiger partial charge in [0, 0.05) is 55.4 Å². The van der Waals surface area contributed by atoms with Gasteiger partial charge in [-0.1, -0.05) is 139 Å². The minimum Gasteiger partial charge on any atom is -0.510 e. The van der Waals surface area contributed by atoms with Crippen LogP contribution >= 0.6 is 0 Å². The monoisotopic (exact) mass is 991 g/mol. The summed E-state index contributed by atoms with van der Waals surface area (Å²) in [6, 6.07) is 56.7. The maximum absolute atomic E-state index is 6.86. The largest absolute Gasteiger partial charge is 0.510 e. The van der Waals surface area contributed by atoms with Crippen molar-refractivity contribution in [3.63, 3.8) is 0 Å². The van der Waals surface area contributed by atoms with Crippen molar-refractivity contribution < 1.29 is 30.4 Å². The number of para-hydroxylation sites is 1. The van der Waals surface area contributed by atoms with E-state index in [0.717, 1.165) is 61.5 Å². The van der Waals surface area contributed by atoms with Crippen molar-refractivity contribution in [1.29, 1.82) is 0 Å². The first-order chi connectivity index (χ1) is 29.3. The van der Waals surface area contributed by atoms with E-state index < -0.39 is 0 Å². The van der Waals surface area contributed by atoms with Gasteiger partial charge < -0.3 is 13.9 Å². The van der Waals surface area contributed by atoms with Gasteiger partial charge in [0.05, 0.1) is 11.4 Å². The maximum Gasteiger partial charge on any atom is 0.267 e. The Kier molecular flexibility index (Phi) is 11.5. The van der Waals surface area contributed by atoms with E-state index in [1.54, 1.807) is 0 Å².